The van der Waals surface area contributed by atoms with Gasteiger partial charge in [0.15, 0.2) is 0 Å². The Morgan fingerprint density at radius 1 is 1.13 bits per heavy atom. The molecule has 0 aliphatic carbocycles. The van der Waals surface area contributed by atoms with Gasteiger partial charge in [-0.3, -0.25) is 4.79 Å². The van der Waals surface area contributed by atoms with Gasteiger partial charge in [-0.25, -0.2) is 8.42 Å². The van der Waals surface area contributed by atoms with E-state index >= 15 is 0 Å². The zero-order valence-electron chi connectivity index (χ0n) is 17.0. The van der Waals surface area contributed by atoms with Crippen molar-refractivity contribution in [3.63, 3.8) is 0 Å². The van der Waals surface area contributed by atoms with Crippen LogP contribution in [-0.4, -0.2) is 38.8 Å². The van der Waals surface area contributed by atoms with E-state index in [1.54, 1.807) is 24.3 Å². The number of amides is 1. The number of nitrogens with one attached hydrogen (secondary N) is 1. The van der Waals surface area contributed by atoms with Gasteiger partial charge in [0.1, 0.15) is 10.6 Å². The number of benzene rings is 2. The molecule has 8 heteroatoms. The second-order valence-corrected chi connectivity index (χ2v) is 9.98. The number of ether oxygens (including phenoxy) is 1. The summed E-state index contributed by atoms with van der Waals surface area (Å²) in [6.45, 7) is 2.94. The number of piperidine rings is 1. The molecule has 0 unspecified atom stereocenters. The van der Waals surface area contributed by atoms with Gasteiger partial charge in [0.25, 0.3) is 0 Å². The van der Waals surface area contributed by atoms with E-state index in [2.05, 4.69) is 21.2 Å². The van der Waals surface area contributed by atoms with E-state index in [1.165, 1.54) is 17.5 Å². The van der Waals surface area contributed by atoms with Crippen molar-refractivity contribution in [2.45, 2.75) is 31.1 Å². The van der Waals surface area contributed by atoms with Gasteiger partial charge < -0.3 is 10.1 Å². The highest BCUT2D eigenvalue weighted by Crippen LogP contribution is 2.30. The summed E-state index contributed by atoms with van der Waals surface area (Å²) >= 11 is 3.40. The second-order valence-electron chi connectivity index (χ2n) is 7.16. The van der Waals surface area contributed by atoms with E-state index in [9.17, 15) is 13.2 Å². The first-order chi connectivity index (χ1) is 14.3. The Labute approximate surface area is 186 Å². The molecule has 0 spiro atoms. The number of methoxy groups -OCH3 is 1. The van der Waals surface area contributed by atoms with Gasteiger partial charge in [-0.2, -0.15) is 4.31 Å². The maximum atomic E-state index is 13.1. The molecule has 2 aromatic rings. The van der Waals surface area contributed by atoms with Crippen LogP contribution in [0.4, 0.5) is 5.69 Å². The van der Waals surface area contributed by atoms with Crippen molar-refractivity contribution in [3.05, 3.63) is 58.1 Å². The lowest BCUT2D eigenvalue weighted by Gasteiger charge is -2.26. The van der Waals surface area contributed by atoms with Crippen molar-refractivity contribution < 1.29 is 17.9 Å². The van der Waals surface area contributed by atoms with Crippen LogP contribution in [0.15, 0.2) is 51.8 Å². The van der Waals surface area contributed by atoms with Gasteiger partial charge in [0, 0.05) is 29.3 Å². The molecule has 2 aromatic carbocycles. The van der Waals surface area contributed by atoms with Crippen LogP contribution in [-0.2, 0) is 14.8 Å². The summed E-state index contributed by atoms with van der Waals surface area (Å²) in [7, 11) is -2.20. The highest BCUT2D eigenvalue weighted by molar-refractivity contribution is 9.10. The zero-order valence-corrected chi connectivity index (χ0v) is 19.4. The molecule has 0 saturated carbocycles. The minimum atomic E-state index is -3.65. The third-order valence-corrected chi connectivity index (χ3v) is 7.41. The Kier molecular flexibility index (Phi) is 7.33. The highest BCUT2D eigenvalue weighted by atomic mass is 79.9. The number of hydrogen-bond acceptors (Lipinski definition) is 4. The monoisotopic (exact) mass is 492 g/mol. The molecule has 0 atom stereocenters. The summed E-state index contributed by atoms with van der Waals surface area (Å²) in [6, 6.07) is 10.5. The lowest BCUT2D eigenvalue weighted by atomic mass is 10.2. The summed E-state index contributed by atoms with van der Waals surface area (Å²) < 4.78 is 33.9. The molecule has 0 aromatic heterocycles. The Morgan fingerprint density at radius 2 is 1.87 bits per heavy atom. The summed E-state index contributed by atoms with van der Waals surface area (Å²) in [5.74, 6) is 0.00402. The summed E-state index contributed by atoms with van der Waals surface area (Å²) in [5, 5.41) is 2.83. The van der Waals surface area contributed by atoms with Gasteiger partial charge in [0.2, 0.25) is 15.9 Å². The number of anilines is 1. The fraction of sp³-hybridized carbons (Fsp3) is 0.318. The first kappa shape index (κ1) is 22.5. The van der Waals surface area contributed by atoms with Crippen molar-refractivity contribution >= 4 is 43.6 Å². The van der Waals surface area contributed by atoms with E-state index in [-0.39, 0.29) is 10.8 Å². The summed E-state index contributed by atoms with van der Waals surface area (Å²) in [5.41, 5.74) is 2.26. The molecule has 1 heterocycles. The lowest BCUT2D eigenvalue weighted by molar-refractivity contribution is -0.111. The van der Waals surface area contributed by atoms with Crippen molar-refractivity contribution in [2.24, 2.45) is 0 Å². The SMILES string of the molecule is COc1ccc(/C=C/C(=O)Nc2ccc(Br)cc2C)cc1S(=O)(=O)N1CCCCC1. The molecular formula is C22H25BrN2O4S. The highest BCUT2D eigenvalue weighted by Gasteiger charge is 2.29. The average Bonchev–Trinajstić information content (AvgIpc) is 2.74. The molecule has 1 aliphatic rings. The molecule has 0 radical (unpaired) electrons. The topological polar surface area (TPSA) is 75.7 Å². The molecule has 1 aliphatic heterocycles. The normalized spacial score (nSPS) is 15.3. The smallest absolute Gasteiger partial charge is 0.248 e. The molecule has 6 nitrogen and oxygen atoms in total. The number of carbonyl (C=O) groups excluding carboxylic acids is 1. The second kappa shape index (κ2) is 9.76. The van der Waals surface area contributed by atoms with Crippen LogP contribution in [0.1, 0.15) is 30.4 Å². The van der Waals surface area contributed by atoms with Gasteiger partial charge in [0.05, 0.1) is 7.11 Å². The molecule has 1 saturated heterocycles. The number of aryl methyl sites for hydroxylation is 1. The number of sulfonamides is 1. The first-order valence-corrected chi connectivity index (χ1v) is 12.0. The van der Waals surface area contributed by atoms with Crippen molar-refractivity contribution in [1.82, 2.24) is 4.31 Å². The van der Waals surface area contributed by atoms with E-state index in [0.717, 1.165) is 35.0 Å². The molecular weight excluding hydrogens is 468 g/mol. The third-order valence-electron chi connectivity index (χ3n) is 4.99. The van der Waals surface area contributed by atoms with Crippen molar-refractivity contribution in [3.8, 4) is 5.75 Å². The van der Waals surface area contributed by atoms with Crippen LogP contribution in [0.3, 0.4) is 0 Å². The number of rotatable bonds is 6. The van der Waals surface area contributed by atoms with Gasteiger partial charge in [-0.05, 0) is 67.3 Å². The maximum absolute atomic E-state index is 13.1. The molecule has 160 valence electrons. The van der Waals surface area contributed by atoms with Gasteiger partial charge in [-0.15, -0.1) is 0 Å². The van der Waals surface area contributed by atoms with Crippen LogP contribution in [0.2, 0.25) is 0 Å². The Bertz CT molecular complexity index is 1060. The number of nitrogens with zero attached hydrogens (tertiary/aromatic N) is 1. The summed E-state index contributed by atoms with van der Waals surface area (Å²) in [4.78, 5) is 12.4. The standard InChI is InChI=1S/C22H25BrN2O4S/c1-16-14-18(23)8-9-19(16)24-22(26)11-7-17-6-10-20(29-2)21(15-17)30(27,28)25-12-4-3-5-13-25/h6-11,14-15H,3-5,12-13H2,1-2H3,(H,24,26)/b11-7+. The number of carbonyl (C=O) groups is 1. The van der Waals surface area contributed by atoms with Gasteiger partial charge >= 0.3 is 0 Å². The predicted octanol–water partition coefficient (Wildman–Crippen LogP) is 4.59. The fourth-order valence-electron chi connectivity index (χ4n) is 3.36. The van der Waals surface area contributed by atoms with Crippen LogP contribution < -0.4 is 10.1 Å². The van der Waals surface area contributed by atoms with Crippen molar-refractivity contribution in [2.75, 3.05) is 25.5 Å². The zero-order chi connectivity index (χ0) is 21.7. The van der Waals surface area contributed by atoms with E-state index in [4.69, 9.17) is 4.74 Å². The van der Waals surface area contributed by atoms with Crippen LogP contribution in [0.25, 0.3) is 6.08 Å². The maximum Gasteiger partial charge on any atom is 0.248 e. The number of hydrogen-bond donors (Lipinski definition) is 1. The predicted molar refractivity (Wildman–Crippen MR) is 122 cm³/mol. The average molecular weight is 493 g/mol. The Morgan fingerprint density at radius 3 is 2.53 bits per heavy atom. The summed E-state index contributed by atoms with van der Waals surface area (Å²) in [6.07, 6.45) is 5.74. The van der Waals surface area contributed by atoms with Crippen molar-refractivity contribution in [1.29, 1.82) is 0 Å². The molecule has 0 bridgehead atoms. The molecule has 30 heavy (non-hydrogen) atoms. The van der Waals surface area contributed by atoms with Crippen LogP contribution >= 0.6 is 15.9 Å². The third kappa shape index (κ3) is 5.30. The lowest BCUT2D eigenvalue weighted by Crippen LogP contribution is -2.35. The molecule has 1 fully saturated rings. The van der Waals surface area contributed by atoms with E-state index in [0.29, 0.717) is 24.4 Å². The Hall–Kier alpha value is -2.16. The van der Waals surface area contributed by atoms with Crippen LogP contribution in [0, 0.1) is 6.92 Å². The minimum absolute atomic E-state index is 0.123. The van der Waals surface area contributed by atoms with Gasteiger partial charge in [-0.1, -0.05) is 28.4 Å². The minimum Gasteiger partial charge on any atom is -0.495 e. The van der Waals surface area contributed by atoms with Crippen LogP contribution in [0.5, 0.6) is 5.75 Å². The number of halogens is 1. The molecule has 3 rings (SSSR count). The largest absolute Gasteiger partial charge is 0.495 e. The van der Waals surface area contributed by atoms with E-state index in [1.807, 2.05) is 25.1 Å². The first-order valence-electron chi connectivity index (χ1n) is 9.74. The molecule has 1 amide bonds. The molecule has 1 N–H and O–H groups in total. The Balaban J connectivity index is 1.81. The van der Waals surface area contributed by atoms with E-state index < -0.39 is 10.0 Å². The quantitative estimate of drug-likeness (QED) is 0.598. The fourth-order valence-corrected chi connectivity index (χ4v) is 5.54.